The van der Waals surface area contributed by atoms with Crippen LogP contribution in [0, 0.1) is 11.6 Å². The van der Waals surface area contributed by atoms with Crippen LogP contribution in [0.15, 0.2) is 44.7 Å². The smallest absolute Gasteiger partial charge is 0.345 e. The van der Waals surface area contributed by atoms with Gasteiger partial charge < -0.3 is 18.8 Å². The fourth-order valence-corrected chi connectivity index (χ4v) is 5.26. The standard InChI is InChI=1S/C26H31F2N9O4/c1-32-26(38)35(25-31-24-22(37(25)32)21(30-16-36(24)29)20-4-3-11-40-20)10-7-33-5-8-34(9-6-33)17-14-18(27)23(19(28)15-17)41-13-12-39-2/h3-4,11,14-15H,5-10,12-13,16,29H2,1-2H3. The molecule has 0 atom stereocenters. The molecule has 0 saturated carbocycles. The molecule has 218 valence electrons. The summed E-state index contributed by atoms with van der Waals surface area (Å²) in [6.07, 6.45) is 1.56. The van der Waals surface area contributed by atoms with E-state index in [-0.39, 0.29) is 25.6 Å². The predicted molar refractivity (Wildman–Crippen MR) is 147 cm³/mol. The van der Waals surface area contributed by atoms with Gasteiger partial charge in [-0.05, 0) is 12.1 Å². The number of rotatable bonds is 9. The summed E-state index contributed by atoms with van der Waals surface area (Å²) in [5.74, 6) is 5.82. The molecular weight excluding hydrogens is 540 g/mol. The molecule has 15 heteroatoms. The van der Waals surface area contributed by atoms with E-state index in [1.54, 1.807) is 34.5 Å². The molecule has 4 aromatic rings. The maximum atomic E-state index is 14.6. The van der Waals surface area contributed by atoms with Gasteiger partial charge in [0.1, 0.15) is 24.7 Å². The van der Waals surface area contributed by atoms with E-state index in [2.05, 4.69) is 9.89 Å². The van der Waals surface area contributed by atoms with Crippen molar-refractivity contribution in [3.8, 4) is 5.75 Å². The molecule has 0 radical (unpaired) electrons. The number of halogens is 2. The number of hydrogen-bond donors (Lipinski definition) is 1. The normalized spacial score (nSPS) is 16.0. The van der Waals surface area contributed by atoms with E-state index >= 15 is 0 Å². The molecule has 6 rings (SSSR count). The number of hydrazine groups is 1. The van der Waals surface area contributed by atoms with Gasteiger partial charge in [-0.1, -0.05) is 0 Å². The summed E-state index contributed by atoms with van der Waals surface area (Å²) in [7, 11) is 3.16. The third kappa shape index (κ3) is 4.85. The Balaban J connectivity index is 1.15. The fraction of sp³-hybridized carbons (Fsp3) is 0.423. The van der Waals surface area contributed by atoms with E-state index in [0.717, 1.165) is 0 Å². The Labute approximate surface area is 233 Å². The van der Waals surface area contributed by atoms with Gasteiger partial charge in [0.2, 0.25) is 5.78 Å². The van der Waals surface area contributed by atoms with Gasteiger partial charge in [0.05, 0.1) is 12.9 Å². The highest BCUT2D eigenvalue weighted by Crippen LogP contribution is 2.29. The van der Waals surface area contributed by atoms with Crippen molar-refractivity contribution in [2.45, 2.75) is 6.54 Å². The maximum Gasteiger partial charge on any atom is 0.345 e. The summed E-state index contributed by atoms with van der Waals surface area (Å²) in [5, 5.41) is 1.44. The minimum atomic E-state index is -0.746. The zero-order chi connectivity index (χ0) is 28.7. The number of aromatic nitrogens is 4. The summed E-state index contributed by atoms with van der Waals surface area (Å²) in [6.45, 7) is 3.95. The lowest BCUT2D eigenvalue weighted by atomic mass is 10.2. The number of nitrogens with zero attached hydrogens (tertiary/aromatic N) is 8. The molecule has 2 aliphatic heterocycles. The Bertz CT molecular complexity index is 1610. The van der Waals surface area contributed by atoms with Gasteiger partial charge in [-0.25, -0.2) is 28.6 Å². The quantitative estimate of drug-likeness (QED) is 0.232. The second kappa shape index (κ2) is 11.0. The Kier molecular flexibility index (Phi) is 7.23. The van der Waals surface area contributed by atoms with E-state index in [0.29, 0.717) is 73.7 Å². The van der Waals surface area contributed by atoms with Gasteiger partial charge in [0.25, 0.3) is 0 Å². The van der Waals surface area contributed by atoms with Crippen molar-refractivity contribution < 1.29 is 22.7 Å². The minimum Gasteiger partial charge on any atom is -0.485 e. The van der Waals surface area contributed by atoms with Crippen LogP contribution in [0.5, 0.6) is 5.75 Å². The highest BCUT2D eigenvalue weighted by Gasteiger charge is 2.31. The maximum absolute atomic E-state index is 14.6. The lowest BCUT2D eigenvalue weighted by Gasteiger charge is -2.36. The molecule has 3 aromatic heterocycles. The number of furan rings is 1. The van der Waals surface area contributed by atoms with Gasteiger partial charge in [-0.2, -0.15) is 4.98 Å². The minimum absolute atomic E-state index is 0.0593. The average molecular weight is 572 g/mol. The molecule has 1 fully saturated rings. The molecule has 1 aromatic carbocycles. The molecule has 0 aliphatic carbocycles. The lowest BCUT2D eigenvalue weighted by Crippen LogP contribution is -2.47. The first-order chi connectivity index (χ1) is 19.9. The van der Waals surface area contributed by atoms with Crippen LogP contribution in [0.4, 0.5) is 20.3 Å². The number of hydrogen-bond acceptors (Lipinski definition) is 10. The monoisotopic (exact) mass is 571 g/mol. The van der Waals surface area contributed by atoms with Gasteiger partial charge in [0, 0.05) is 71.2 Å². The number of anilines is 2. The first-order valence-corrected chi connectivity index (χ1v) is 13.2. The molecule has 2 N–H and O–H groups in total. The van der Waals surface area contributed by atoms with Crippen LogP contribution in [-0.2, 0) is 18.3 Å². The molecule has 41 heavy (non-hydrogen) atoms. The number of benzene rings is 1. The van der Waals surface area contributed by atoms with Gasteiger partial charge in [-0.15, -0.1) is 0 Å². The highest BCUT2D eigenvalue weighted by molar-refractivity contribution is 6.14. The van der Waals surface area contributed by atoms with Crippen molar-refractivity contribution in [2.24, 2.45) is 17.9 Å². The molecular formula is C26H31F2N9O4. The van der Waals surface area contributed by atoms with Crippen molar-refractivity contribution >= 4 is 23.0 Å². The SMILES string of the molecule is COCCOc1c(F)cc(N2CCN(CCn3c(=O)n(C)n4c5c(nc34)N(N)CN=C5c3ccco3)CC2)cc1F. The molecule has 2 aliphatic rings. The number of ether oxygens (including phenoxy) is 2. The number of fused-ring (bicyclic) bond motifs is 3. The summed E-state index contributed by atoms with van der Waals surface area (Å²) in [6, 6.07) is 6.16. The summed E-state index contributed by atoms with van der Waals surface area (Å²) < 4.78 is 49.5. The van der Waals surface area contributed by atoms with Crippen LogP contribution in [0.1, 0.15) is 11.5 Å². The number of methoxy groups -OCH3 is 1. The van der Waals surface area contributed by atoms with Gasteiger partial charge >= 0.3 is 5.69 Å². The van der Waals surface area contributed by atoms with Crippen molar-refractivity contribution in [2.75, 3.05) is 69.6 Å². The topological polar surface area (TPSA) is 124 Å². The molecule has 0 unspecified atom stereocenters. The van der Waals surface area contributed by atoms with Crippen LogP contribution < -0.4 is 26.2 Å². The zero-order valence-corrected chi connectivity index (χ0v) is 22.8. The van der Waals surface area contributed by atoms with Gasteiger partial charge in [-0.3, -0.25) is 19.5 Å². The van der Waals surface area contributed by atoms with Crippen LogP contribution in [0.3, 0.4) is 0 Å². The van der Waals surface area contributed by atoms with Crippen LogP contribution in [-0.4, -0.2) is 89.1 Å². The molecule has 5 heterocycles. The third-order valence-electron chi connectivity index (χ3n) is 7.39. The van der Waals surface area contributed by atoms with E-state index in [1.807, 2.05) is 4.90 Å². The summed E-state index contributed by atoms with van der Waals surface area (Å²) >= 11 is 0. The van der Waals surface area contributed by atoms with Crippen LogP contribution in [0.2, 0.25) is 0 Å². The summed E-state index contributed by atoms with van der Waals surface area (Å²) in [5.41, 5.74) is 1.40. The Hall–Kier alpha value is -4.21. The van der Waals surface area contributed by atoms with Crippen molar-refractivity contribution in [1.82, 2.24) is 23.6 Å². The number of imidazole rings is 1. The zero-order valence-electron chi connectivity index (χ0n) is 22.8. The lowest BCUT2D eigenvalue weighted by molar-refractivity contribution is 0.141. The number of nitrogens with two attached hydrogens (primary N) is 1. The first-order valence-electron chi connectivity index (χ1n) is 13.2. The average Bonchev–Trinajstić information content (AvgIpc) is 3.69. The predicted octanol–water partition coefficient (Wildman–Crippen LogP) is 1.04. The van der Waals surface area contributed by atoms with Gasteiger partial charge in [0.15, 0.2) is 29.0 Å². The highest BCUT2D eigenvalue weighted by atomic mass is 19.1. The van der Waals surface area contributed by atoms with Crippen LogP contribution >= 0.6 is 0 Å². The van der Waals surface area contributed by atoms with Crippen LogP contribution in [0.25, 0.3) is 5.78 Å². The number of aryl methyl sites for hydroxylation is 1. The molecule has 13 nitrogen and oxygen atoms in total. The summed E-state index contributed by atoms with van der Waals surface area (Å²) in [4.78, 5) is 26.6. The van der Waals surface area contributed by atoms with E-state index in [1.165, 1.54) is 28.9 Å². The van der Waals surface area contributed by atoms with Crippen molar-refractivity contribution in [3.05, 3.63) is 64.1 Å². The Morgan fingerprint density at radius 1 is 1.10 bits per heavy atom. The molecule has 0 amide bonds. The van der Waals surface area contributed by atoms with E-state index in [4.69, 9.17) is 24.7 Å². The number of piperazine rings is 1. The number of aliphatic imine (C=N–C) groups is 1. The second-order valence-electron chi connectivity index (χ2n) is 9.86. The fourth-order valence-electron chi connectivity index (χ4n) is 5.26. The van der Waals surface area contributed by atoms with Crippen molar-refractivity contribution in [1.29, 1.82) is 0 Å². The first kappa shape index (κ1) is 27.0. The van der Waals surface area contributed by atoms with Crippen molar-refractivity contribution in [3.63, 3.8) is 0 Å². The largest absolute Gasteiger partial charge is 0.485 e. The second-order valence-corrected chi connectivity index (χ2v) is 9.86. The molecule has 0 bridgehead atoms. The Morgan fingerprint density at radius 2 is 1.85 bits per heavy atom. The third-order valence-corrected chi connectivity index (χ3v) is 7.39. The molecule has 0 spiro atoms. The van der Waals surface area contributed by atoms with E-state index in [9.17, 15) is 13.6 Å². The van der Waals surface area contributed by atoms with E-state index < -0.39 is 17.4 Å². The molecule has 1 saturated heterocycles. The Morgan fingerprint density at radius 3 is 2.54 bits per heavy atom.